The van der Waals surface area contributed by atoms with Gasteiger partial charge in [-0.25, -0.2) is 5.10 Å². The van der Waals surface area contributed by atoms with Crippen LogP contribution in [-0.2, 0) is 0 Å². The second-order valence-corrected chi connectivity index (χ2v) is 5.07. The van der Waals surface area contributed by atoms with Crippen LogP contribution in [0.15, 0.2) is 10.9 Å². The van der Waals surface area contributed by atoms with Gasteiger partial charge in [0.05, 0.1) is 10.0 Å². The van der Waals surface area contributed by atoms with E-state index in [2.05, 4.69) is 10.2 Å². The molecule has 0 fully saturated rings. The first-order chi connectivity index (χ1) is 6.59. The average molecular weight is 229 g/mol. The van der Waals surface area contributed by atoms with Crippen LogP contribution in [0.5, 0.6) is 0 Å². The molecule has 5 heteroatoms. The first-order valence-electron chi connectivity index (χ1n) is 4.27. The molecule has 0 saturated heterocycles. The molecule has 74 valence electrons. The number of rotatable bonds is 1. The third-order valence-corrected chi connectivity index (χ3v) is 3.27. The summed E-state index contributed by atoms with van der Waals surface area (Å²) in [6.07, 6.45) is 0. The van der Waals surface area contributed by atoms with Crippen molar-refractivity contribution in [2.75, 3.05) is 0 Å². The van der Waals surface area contributed by atoms with Crippen LogP contribution in [0.25, 0.3) is 10.1 Å². The normalized spacial score (nSPS) is 11.4. The molecule has 0 bridgehead atoms. The zero-order valence-electron chi connectivity index (χ0n) is 7.80. The number of hydrogen-bond donors (Lipinski definition) is 1. The lowest BCUT2D eigenvalue weighted by atomic mass is 10.1. The smallest absolute Gasteiger partial charge is 0.266 e. The Bertz CT molecular complexity index is 529. The Hall–Kier alpha value is -0.870. The van der Waals surface area contributed by atoms with Gasteiger partial charge in [-0.15, -0.1) is 11.3 Å². The van der Waals surface area contributed by atoms with Gasteiger partial charge in [-0.2, -0.15) is 5.10 Å². The molecule has 2 heterocycles. The standard InChI is InChI=1S/C9H9ClN2OS/c1-4(2)7-5-3-6(10)14-8(5)9(13)12-11-7/h3-4H,1-2H3,(H,12,13). The van der Waals surface area contributed by atoms with E-state index in [1.807, 2.05) is 13.8 Å². The first-order valence-corrected chi connectivity index (χ1v) is 5.46. The summed E-state index contributed by atoms with van der Waals surface area (Å²) in [5.74, 6) is 0.278. The maximum absolute atomic E-state index is 11.4. The van der Waals surface area contributed by atoms with Crippen LogP contribution in [0, 0.1) is 0 Å². The maximum Gasteiger partial charge on any atom is 0.282 e. The van der Waals surface area contributed by atoms with Crippen LogP contribution in [-0.4, -0.2) is 10.2 Å². The predicted molar refractivity (Wildman–Crippen MR) is 59.3 cm³/mol. The van der Waals surface area contributed by atoms with Crippen molar-refractivity contribution in [3.63, 3.8) is 0 Å². The van der Waals surface area contributed by atoms with E-state index in [9.17, 15) is 4.79 Å². The molecule has 3 nitrogen and oxygen atoms in total. The van der Waals surface area contributed by atoms with Crippen LogP contribution in [0.2, 0.25) is 4.34 Å². The number of fused-ring (bicyclic) bond motifs is 1. The molecule has 2 aromatic heterocycles. The molecule has 2 aromatic rings. The Labute approximate surface area is 89.7 Å². The second-order valence-electron chi connectivity index (χ2n) is 3.39. The van der Waals surface area contributed by atoms with Crippen molar-refractivity contribution < 1.29 is 0 Å². The van der Waals surface area contributed by atoms with Gasteiger partial charge in [0, 0.05) is 5.39 Å². The van der Waals surface area contributed by atoms with Gasteiger partial charge in [-0.05, 0) is 12.0 Å². The molecule has 14 heavy (non-hydrogen) atoms. The third kappa shape index (κ3) is 1.44. The fourth-order valence-corrected chi connectivity index (χ4v) is 2.51. The number of H-pyrrole nitrogens is 1. The minimum atomic E-state index is -0.165. The largest absolute Gasteiger partial charge is 0.282 e. The molecule has 0 amide bonds. The van der Waals surface area contributed by atoms with E-state index in [1.165, 1.54) is 11.3 Å². The molecule has 0 radical (unpaired) electrons. The van der Waals surface area contributed by atoms with Crippen LogP contribution < -0.4 is 5.56 Å². The van der Waals surface area contributed by atoms with Crippen molar-refractivity contribution in [2.45, 2.75) is 19.8 Å². The number of nitrogens with zero attached hydrogens (tertiary/aromatic N) is 1. The van der Waals surface area contributed by atoms with Crippen LogP contribution in [0.4, 0.5) is 0 Å². The van der Waals surface area contributed by atoms with Gasteiger partial charge in [0.2, 0.25) is 0 Å². The van der Waals surface area contributed by atoms with Gasteiger partial charge in [0.25, 0.3) is 5.56 Å². The molecule has 0 spiro atoms. The van der Waals surface area contributed by atoms with Crippen molar-refractivity contribution in [2.24, 2.45) is 0 Å². The van der Waals surface area contributed by atoms with Crippen LogP contribution >= 0.6 is 22.9 Å². The predicted octanol–water partition coefficient (Wildman–Crippen LogP) is 2.76. The second kappa shape index (κ2) is 3.37. The molecule has 0 atom stereocenters. The molecule has 0 aromatic carbocycles. The summed E-state index contributed by atoms with van der Waals surface area (Å²) in [6.45, 7) is 4.07. The minimum Gasteiger partial charge on any atom is -0.266 e. The fraction of sp³-hybridized carbons (Fsp3) is 0.333. The van der Waals surface area contributed by atoms with Crippen molar-refractivity contribution in [1.82, 2.24) is 10.2 Å². The van der Waals surface area contributed by atoms with Crippen molar-refractivity contribution in [3.8, 4) is 0 Å². The number of halogens is 1. The van der Waals surface area contributed by atoms with Crippen molar-refractivity contribution >= 4 is 33.0 Å². The SMILES string of the molecule is CC(C)c1n[nH]c(=O)c2sc(Cl)cc12. The number of hydrogen-bond acceptors (Lipinski definition) is 3. The van der Waals surface area contributed by atoms with Crippen LogP contribution in [0.3, 0.4) is 0 Å². The highest BCUT2D eigenvalue weighted by Gasteiger charge is 2.12. The van der Waals surface area contributed by atoms with Gasteiger partial charge in [-0.3, -0.25) is 4.79 Å². The summed E-state index contributed by atoms with van der Waals surface area (Å²) in [5, 5.41) is 7.39. The summed E-state index contributed by atoms with van der Waals surface area (Å²) in [5.41, 5.74) is 0.726. The summed E-state index contributed by atoms with van der Waals surface area (Å²) < 4.78 is 1.29. The Kier molecular flexibility index (Phi) is 2.33. The molecule has 2 rings (SSSR count). The summed E-state index contributed by atoms with van der Waals surface area (Å²) in [4.78, 5) is 11.4. The van der Waals surface area contributed by atoms with E-state index in [0.717, 1.165) is 11.1 Å². The molecule has 0 aliphatic carbocycles. The Morgan fingerprint density at radius 1 is 1.57 bits per heavy atom. The molecule has 0 aliphatic rings. The lowest BCUT2D eigenvalue weighted by Crippen LogP contribution is -2.09. The van der Waals surface area contributed by atoms with Gasteiger partial charge >= 0.3 is 0 Å². The monoisotopic (exact) mass is 228 g/mol. The van der Waals surface area contributed by atoms with E-state index < -0.39 is 0 Å². The number of nitrogens with one attached hydrogen (secondary N) is 1. The van der Waals surface area contributed by atoms with E-state index >= 15 is 0 Å². The van der Waals surface area contributed by atoms with Gasteiger partial charge in [0.1, 0.15) is 4.70 Å². The van der Waals surface area contributed by atoms with E-state index in [1.54, 1.807) is 6.07 Å². The molecule has 0 saturated carbocycles. The topological polar surface area (TPSA) is 45.8 Å². The molecule has 1 N–H and O–H groups in total. The third-order valence-electron chi connectivity index (χ3n) is 2.01. The highest BCUT2D eigenvalue weighted by atomic mass is 35.5. The molecule has 0 unspecified atom stereocenters. The Balaban J connectivity index is 2.88. The van der Waals surface area contributed by atoms with Crippen LogP contribution in [0.1, 0.15) is 25.5 Å². The molecular formula is C9H9ClN2OS. The lowest BCUT2D eigenvalue weighted by molar-refractivity contribution is 0.793. The van der Waals surface area contributed by atoms with Gasteiger partial charge < -0.3 is 0 Å². The van der Waals surface area contributed by atoms with Gasteiger partial charge in [0.15, 0.2) is 0 Å². The van der Waals surface area contributed by atoms with E-state index in [-0.39, 0.29) is 11.5 Å². The van der Waals surface area contributed by atoms with Gasteiger partial charge in [-0.1, -0.05) is 25.4 Å². The number of aromatic amines is 1. The zero-order valence-corrected chi connectivity index (χ0v) is 9.37. The van der Waals surface area contributed by atoms with Crippen molar-refractivity contribution in [3.05, 3.63) is 26.5 Å². The highest BCUT2D eigenvalue weighted by Crippen LogP contribution is 2.30. The quantitative estimate of drug-likeness (QED) is 0.816. The first kappa shape index (κ1) is 9.68. The Morgan fingerprint density at radius 2 is 2.29 bits per heavy atom. The number of thiophene rings is 1. The molecular weight excluding hydrogens is 220 g/mol. The maximum atomic E-state index is 11.4. The van der Waals surface area contributed by atoms with Crippen molar-refractivity contribution in [1.29, 1.82) is 0 Å². The minimum absolute atomic E-state index is 0.165. The summed E-state index contributed by atoms with van der Waals surface area (Å²) in [6, 6.07) is 1.80. The molecule has 0 aliphatic heterocycles. The summed E-state index contributed by atoms with van der Waals surface area (Å²) in [7, 11) is 0. The average Bonchev–Trinajstić information content (AvgIpc) is 2.47. The van der Waals surface area contributed by atoms with E-state index in [0.29, 0.717) is 9.04 Å². The number of aromatic nitrogens is 2. The fourth-order valence-electron chi connectivity index (χ4n) is 1.38. The Morgan fingerprint density at radius 3 is 2.93 bits per heavy atom. The zero-order chi connectivity index (χ0) is 10.3. The lowest BCUT2D eigenvalue weighted by Gasteiger charge is -2.03. The highest BCUT2D eigenvalue weighted by molar-refractivity contribution is 7.22. The van der Waals surface area contributed by atoms with E-state index in [4.69, 9.17) is 11.6 Å². The summed E-state index contributed by atoms with van der Waals surface area (Å²) >= 11 is 7.16.